The Labute approximate surface area is 117 Å². The van der Waals surface area contributed by atoms with Crippen LogP contribution in [0.1, 0.15) is 0 Å². The van der Waals surface area contributed by atoms with E-state index in [0.717, 1.165) is 21.8 Å². The van der Waals surface area contributed by atoms with Crippen LogP contribution in [0, 0.1) is 0 Å². The number of rotatable bonds is 2. The number of benzene rings is 2. The zero-order chi connectivity index (χ0) is 13.8. The Balaban J connectivity index is 2.14. The molecule has 98 valence electrons. The van der Waals surface area contributed by atoms with Crippen molar-refractivity contribution in [1.82, 2.24) is 4.90 Å². The van der Waals surface area contributed by atoms with Crippen LogP contribution in [0.3, 0.4) is 0 Å². The van der Waals surface area contributed by atoms with Crippen molar-refractivity contribution in [3.05, 3.63) is 53.6 Å². The van der Waals surface area contributed by atoms with Crippen molar-refractivity contribution in [3.63, 3.8) is 0 Å². The van der Waals surface area contributed by atoms with Gasteiger partial charge in [0.2, 0.25) is 0 Å². The summed E-state index contributed by atoms with van der Waals surface area (Å²) in [4.78, 5) is 13.0. The SMILES string of the molecule is CN(C)C(=O)Nc1ccc(-c2ccc(Cl)cc2)cc1. The van der Waals surface area contributed by atoms with Gasteiger partial charge >= 0.3 is 6.03 Å². The molecule has 0 saturated heterocycles. The van der Waals surface area contributed by atoms with Crippen molar-refractivity contribution in [2.24, 2.45) is 0 Å². The van der Waals surface area contributed by atoms with E-state index in [1.54, 1.807) is 14.1 Å². The number of carbonyl (C=O) groups excluding carboxylic acids is 1. The van der Waals surface area contributed by atoms with Crippen molar-refractivity contribution in [2.45, 2.75) is 0 Å². The summed E-state index contributed by atoms with van der Waals surface area (Å²) >= 11 is 5.86. The van der Waals surface area contributed by atoms with Crippen LogP contribution >= 0.6 is 11.6 Å². The van der Waals surface area contributed by atoms with Gasteiger partial charge in [0.1, 0.15) is 0 Å². The van der Waals surface area contributed by atoms with Crippen LogP contribution in [0.4, 0.5) is 10.5 Å². The standard InChI is InChI=1S/C15H15ClN2O/c1-18(2)15(19)17-14-9-5-12(6-10-14)11-3-7-13(16)8-4-11/h3-10H,1-2H3,(H,17,19). The molecule has 0 atom stereocenters. The fourth-order valence-corrected chi connectivity index (χ4v) is 1.75. The Kier molecular flexibility index (Phi) is 4.07. The topological polar surface area (TPSA) is 32.3 Å². The van der Waals surface area contributed by atoms with Gasteiger partial charge in [-0.15, -0.1) is 0 Å². The van der Waals surface area contributed by atoms with Crippen LogP contribution in [0.25, 0.3) is 11.1 Å². The van der Waals surface area contributed by atoms with E-state index >= 15 is 0 Å². The molecule has 0 aliphatic heterocycles. The zero-order valence-electron chi connectivity index (χ0n) is 10.9. The molecular weight excluding hydrogens is 260 g/mol. The molecule has 0 aromatic heterocycles. The molecule has 2 amide bonds. The van der Waals surface area contributed by atoms with Gasteiger partial charge in [-0.25, -0.2) is 4.79 Å². The molecule has 0 unspecified atom stereocenters. The highest BCUT2D eigenvalue weighted by molar-refractivity contribution is 6.30. The number of amides is 2. The Bertz CT molecular complexity index is 562. The van der Waals surface area contributed by atoms with Gasteiger partial charge in [0.25, 0.3) is 0 Å². The number of nitrogens with zero attached hydrogens (tertiary/aromatic N) is 1. The summed E-state index contributed by atoms with van der Waals surface area (Å²) in [5.74, 6) is 0. The number of hydrogen-bond donors (Lipinski definition) is 1. The van der Waals surface area contributed by atoms with Crippen LogP contribution in [0.5, 0.6) is 0 Å². The van der Waals surface area contributed by atoms with E-state index in [9.17, 15) is 4.79 Å². The summed E-state index contributed by atoms with van der Waals surface area (Å²) < 4.78 is 0. The van der Waals surface area contributed by atoms with Crippen molar-refractivity contribution in [1.29, 1.82) is 0 Å². The Morgan fingerprint density at radius 3 is 1.89 bits per heavy atom. The number of urea groups is 1. The summed E-state index contributed by atoms with van der Waals surface area (Å²) in [5.41, 5.74) is 2.95. The molecule has 19 heavy (non-hydrogen) atoms. The first-order chi connectivity index (χ1) is 9.06. The molecule has 0 fully saturated rings. The van der Waals surface area contributed by atoms with Gasteiger partial charge < -0.3 is 10.2 Å². The molecule has 4 heteroatoms. The number of nitrogens with one attached hydrogen (secondary N) is 1. The van der Waals surface area contributed by atoms with E-state index < -0.39 is 0 Å². The van der Waals surface area contributed by atoms with Crippen LogP contribution in [-0.2, 0) is 0 Å². The summed E-state index contributed by atoms with van der Waals surface area (Å²) in [6.45, 7) is 0. The number of anilines is 1. The molecule has 0 spiro atoms. The molecule has 2 rings (SSSR count). The third-order valence-corrected chi connectivity index (χ3v) is 2.97. The molecule has 0 aliphatic rings. The summed E-state index contributed by atoms with van der Waals surface area (Å²) in [6.07, 6.45) is 0. The highest BCUT2D eigenvalue weighted by atomic mass is 35.5. The van der Waals surface area contributed by atoms with Gasteiger partial charge in [-0.3, -0.25) is 0 Å². The molecule has 3 nitrogen and oxygen atoms in total. The fourth-order valence-electron chi connectivity index (χ4n) is 1.62. The third-order valence-electron chi connectivity index (χ3n) is 2.72. The quantitative estimate of drug-likeness (QED) is 0.878. The maximum Gasteiger partial charge on any atom is 0.321 e. The van der Waals surface area contributed by atoms with Gasteiger partial charge in [-0.1, -0.05) is 35.9 Å². The van der Waals surface area contributed by atoms with Gasteiger partial charge in [-0.05, 0) is 35.4 Å². The molecule has 0 aliphatic carbocycles. The van der Waals surface area contributed by atoms with E-state index in [0.29, 0.717) is 0 Å². The Hall–Kier alpha value is -2.00. The molecule has 0 bridgehead atoms. The zero-order valence-corrected chi connectivity index (χ0v) is 11.6. The molecule has 0 radical (unpaired) electrons. The van der Waals surface area contributed by atoms with E-state index in [1.807, 2.05) is 48.5 Å². The predicted molar refractivity (Wildman–Crippen MR) is 79.6 cm³/mol. The molecule has 0 heterocycles. The maximum atomic E-state index is 11.5. The fraction of sp³-hybridized carbons (Fsp3) is 0.133. The highest BCUT2D eigenvalue weighted by Crippen LogP contribution is 2.23. The lowest BCUT2D eigenvalue weighted by molar-refractivity contribution is 0.230. The minimum Gasteiger partial charge on any atom is -0.331 e. The first kappa shape index (κ1) is 13.4. The average molecular weight is 275 g/mol. The number of halogens is 1. The Morgan fingerprint density at radius 1 is 0.947 bits per heavy atom. The highest BCUT2D eigenvalue weighted by Gasteiger charge is 2.04. The van der Waals surface area contributed by atoms with Crippen molar-refractivity contribution >= 4 is 23.3 Å². The number of hydrogen-bond acceptors (Lipinski definition) is 1. The van der Waals surface area contributed by atoms with Crippen LogP contribution < -0.4 is 5.32 Å². The van der Waals surface area contributed by atoms with Crippen molar-refractivity contribution in [2.75, 3.05) is 19.4 Å². The van der Waals surface area contributed by atoms with Gasteiger partial charge in [0.05, 0.1) is 0 Å². The predicted octanol–water partition coefficient (Wildman–Crippen LogP) is 4.10. The first-order valence-electron chi connectivity index (χ1n) is 5.90. The maximum absolute atomic E-state index is 11.5. The monoisotopic (exact) mass is 274 g/mol. The molecule has 1 N–H and O–H groups in total. The van der Waals surface area contributed by atoms with Crippen LogP contribution in [0.2, 0.25) is 5.02 Å². The minimum atomic E-state index is -0.140. The first-order valence-corrected chi connectivity index (χ1v) is 6.28. The lowest BCUT2D eigenvalue weighted by atomic mass is 10.1. The summed E-state index contributed by atoms with van der Waals surface area (Å²) in [6, 6.07) is 15.2. The normalized spacial score (nSPS) is 10.1. The van der Waals surface area contributed by atoms with E-state index in [4.69, 9.17) is 11.6 Å². The van der Waals surface area contributed by atoms with Gasteiger partial charge in [-0.2, -0.15) is 0 Å². The lowest BCUT2D eigenvalue weighted by Gasteiger charge is -2.12. The minimum absolute atomic E-state index is 0.140. The van der Waals surface area contributed by atoms with Crippen molar-refractivity contribution in [3.8, 4) is 11.1 Å². The second kappa shape index (κ2) is 5.76. The van der Waals surface area contributed by atoms with Gasteiger partial charge in [0, 0.05) is 24.8 Å². The molecule has 0 saturated carbocycles. The summed E-state index contributed by atoms with van der Waals surface area (Å²) in [5, 5.41) is 3.52. The smallest absolute Gasteiger partial charge is 0.321 e. The van der Waals surface area contributed by atoms with E-state index in [2.05, 4.69) is 5.32 Å². The third kappa shape index (κ3) is 3.48. The second-order valence-electron chi connectivity index (χ2n) is 4.41. The van der Waals surface area contributed by atoms with E-state index in [-0.39, 0.29) is 6.03 Å². The molecule has 2 aromatic carbocycles. The average Bonchev–Trinajstić information content (AvgIpc) is 2.40. The van der Waals surface area contributed by atoms with E-state index in [1.165, 1.54) is 4.90 Å². The molecular formula is C15H15ClN2O. The largest absolute Gasteiger partial charge is 0.331 e. The summed E-state index contributed by atoms with van der Waals surface area (Å²) in [7, 11) is 3.41. The lowest BCUT2D eigenvalue weighted by Crippen LogP contribution is -2.27. The molecule has 2 aromatic rings. The van der Waals surface area contributed by atoms with Gasteiger partial charge in [0.15, 0.2) is 0 Å². The van der Waals surface area contributed by atoms with Crippen LogP contribution in [-0.4, -0.2) is 25.0 Å². The van der Waals surface area contributed by atoms with Crippen LogP contribution in [0.15, 0.2) is 48.5 Å². The van der Waals surface area contributed by atoms with Crippen molar-refractivity contribution < 1.29 is 4.79 Å². The Morgan fingerprint density at radius 2 is 1.42 bits per heavy atom. The number of carbonyl (C=O) groups is 1. The second-order valence-corrected chi connectivity index (χ2v) is 4.85.